The van der Waals surface area contributed by atoms with E-state index in [0.29, 0.717) is 35.4 Å². The lowest BCUT2D eigenvalue weighted by molar-refractivity contribution is 0.593. The molecule has 0 bridgehead atoms. The van der Waals surface area contributed by atoms with Gasteiger partial charge in [-0.3, -0.25) is 14.3 Å². The van der Waals surface area contributed by atoms with Gasteiger partial charge in [0.05, 0.1) is 51.2 Å². The Labute approximate surface area is 311 Å². The minimum Gasteiger partial charge on any atom is -0.360 e. The first-order valence-corrected chi connectivity index (χ1v) is 19.6. The van der Waals surface area contributed by atoms with Crippen LogP contribution in [0.3, 0.4) is 0 Å². The Hall–Kier alpha value is -3.84. The van der Waals surface area contributed by atoms with Gasteiger partial charge < -0.3 is 5.32 Å². The smallest absolute Gasteiger partial charge is 0.295 e. The Kier molecular flexibility index (Phi) is 10.5. The van der Waals surface area contributed by atoms with Gasteiger partial charge >= 0.3 is 0 Å². The maximum Gasteiger partial charge on any atom is 0.295 e. The summed E-state index contributed by atoms with van der Waals surface area (Å²) in [5.74, 6) is 4.17. The fourth-order valence-corrected chi connectivity index (χ4v) is 7.79. The number of hydrogen-bond donors (Lipinski definition) is 1. The van der Waals surface area contributed by atoms with Crippen LogP contribution >= 0.6 is 27.7 Å². The van der Waals surface area contributed by atoms with E-state index in [0.717, 1.165) is 70.8 Å². The molecule has 0 aromatic carbocycles. The summed E-state index contributed by atoms with van der Waals surface area (Å²) in [6.07, 6.45) is 16.7. The Balaban J connectivity index is 0.000000242. The van der Waals surface area contributed by atoms with Crippen molar-refractivity contribution in [1.29, 1.82) is 0 Å². The van der Waals surface area contributed by atoms with Crippen LogP contribution in [0, 0.1) is 0 Å². The zero-order valence-electron chi connectivity index (χ0n) is 28.6. The molecule has 5 aromatic rings. The van der Waals surface area contributed by atoms with Crippen LogP contribution in [0.15, 0.2) is 51.3 Å². The van der Waals surface area contributed by atoms with Gasteiger partial charge in [0.15, 0.2) is 17.3 Å². The Bertz CT molecular complexity index is 2030. The van der Waals surface area contributed by atoms with E-state index in [1.165, 1.54) is 41.5 Å². The zero-order chi connectivity index (χ0) is 34.4. The van der Waals surface area contributed by atoms with Crippen LogP contribution < -0.4 is 10.9 Å². The fourth-order valence-electron chi connectivity index (χ4n) is 6.31. The molecule has 4 saturated carbocycles. The molecule has 4 fully saturated rings. The highest BCUT2D eigenvalue weighted by molar-refractivity contribution is 9.10. The summed E-state index contributed by atoms with van der Waals surface area (Å²) in [6.45, 7) is 6.48. The Morgan fingerprint density at radius 2 is 1.37 bits per heavy atom. The maximum atomic E-state index is 13.5. The predicted molar refractivity (Wildman–Crippen MR) is 205 cm³/mol. The molecule has 0 saturated heterocycles. The molecule has 4 aliphatic carbocycles. The van der Waals surface area contributed by atoms with E-state index >= 15 is 0 Å². The van der Waals surface area contributed by atoms with Gasteiger partial charge in [-0.25, -0.2) is 34.9 Å². The molecule has 0 radical (unpaired) electrons. The van der Waals surface area contributed by atoms with E-state index in [1.807, 2.05) is 32.2 Å². The normalized spacial score (nSPS) is 16.8. The predicted octanol–water partition coefficient (Wildman–Crippen LogP) is 8.73. The molecule has 0 atom stereocenters. The molecule has 13 heteroatoms. The summed E-state index contributed by atoms with van der Waals surface area (Å²) in [5, 5.41) is 3.19. The van der Waals surface area contributed by atoms with Crippen LogP contribution in [0.25, 0.3) is 22.6 Å². The van der Waals surface area contributed by atoms with E-state index in [4.69, 9.17) is 9.97 Å². The standard InChI is InChI=1S/C27H30N8OS.C10H11BrN2.CH4/c1-4-37-19-10-9-18(28-12-19)11-29-25-27(36)35(15(2)3)26-20(33-25)13-30-24(34-26)21-22(16-5-6-16)31-14-32-23(21)17-7-8-17;11-8-9(6-1-2-6)12-5-13-10(8)7-3-4-7;/h9-10,12-17H,4-8,11H2,1-3H3,(H,29,33);5-7H,1-4H2;1H4. The van der Waals surface area contributed by atoms with Gasteiger partial charge in [0.25, 0.3) is 5.56 Å². The lowest BCUT2D eigenvalue weighted by Crippen LogP contribution is -2.27. The van der Waals surface area contributed by atoms with Gasteiger partial charge in [-0.15, -0.1) is 11.8 Å². The number of rotatable bonds is 11. The molecule has 0 amide bonds. The van der Waals surface area contributed by atoms with Gasteiger partial charge in [-0.2, -0.15) is 0 Å². The number of thioether (sulfide) groups is 1. The van der Waals surface area contributed by atoms with Crippen molar-refractivity contribution in [3.63, 3.8) is 0 Å². The van der Waals surface area contributed by atoms with Gasteiger partial charge in [0, 0.05) is 40.8 Å². The number of pyridine rings is 1. The van der Waals surface area contributed by atoms with E-state index in [9.17, 15) is 4.79 Å². The topological polar surface area (TPSA) is 137 Å². The molecule has 0 aliphatic heterocycles. The molecule has 9 rings (SSSR count). The molecule has 0 unspecified atom stereocenters. The van der Waals surface area contributed by atoms with Crippen molar-refractivity contribution in [2.45, 2.75) is 121 Å². The summed E-state index contributed by atoms with van der Waals surface area (Å²) in [6, 6.07) is 3.91. The first-order valence-electron chi connectivity index (χ1n) is 17.9. The maximum absolute atomic E-state index is 13.5. The quantitative estimate of drug-likeness (QED) is 0.129. The van der Waals surface area contributed by atoms with Gasteiger partial charge in [-0.05, 0) is 99.0 Å². The number of halogens is 1. The molecule has 5 aromatic heterocycles. The largest absolute Gasteiger partial charge is 0.360 e. The average Bonchev–Trinajstić information content (AvgIpc) is 3.95. The third-order valence-electron chi connectivity index (χ3n) is 9.52. The van der Waals surface area contributed by atoms with Crippen molar-refractivity contribution < 1.29 is 0 Å². The molecule has 0 spiro atoms. The highest BCUT2D eigenvalue weighted by atomic mass is 79.9. The Morgan fingerprint density at radius 3 is 1.88 bits per heavy atom. The van der Waals surface area contributed by atoms with Gasteiger partial charge in [0.2, 0.25) is 0 Å². The second-order valence-electron chi connectivity index (χ2n) is 14.0. The molecule has 5 heterocycles. The lowest BCUT2D eigenvalue weighted by Gasteiger charge is -2.17. The minimum absolute atomic E-state index is 0. The zero-order valence-corrected chi connectivity index (χ0v) is 31.0. The van der Waals surface area contributed by atoms with Crippen LogP contribution in [0.1, 0.15) is 138 Å². The molecule has 266 valence electrons. The van der Waals surface area contributed by atoms with Crippen LogP contribution in [0.5, 0.6) is 0 Å². The first kappa shape index (κ1) is 35.6. The second kappa shape index (κ2) is 15.0. The van der Waals surface area contributed by atoms with Crippen molar-refractivity contribution in [1.82, 2.24) is 44.4 Å². The van der Waals surface area contributed by atoms with Crippen molar-refractivity contribution in [3.8, 4) is 11.4 Å². The second-order valence-corrected chi connectivity index (χ2v) is 16.1. The van der Waals surface area contributed by atoms with E-state index in [2.05, 4.69) is 58.1 Å². The van der Waals surface area contributed by atoms with Gasteiger partial charge in [0.1, 0.15) is 18.2 Å². The Morgan fingerprint density at radius 1 is 0.804 bits per heavy atom. The average molecular weight is 770 g/mol. The summed E-state index contributed by atoms with van der Waals surface area (Å²) in [7, 11) is 0. The highest BCUT2D eigenvalue weighted by Gasteiger charge is 2.36. The number of nitrogens with zero attached hydrogens (tertiary/aromatic N) is 9. The van der Waals surface area contributed by atoms with Crippen molar-refractivity contribution in [2.75, 3.05) is 11.1 Å². The number of anilines is 1. The van der Waals surface area contributed by atoms with Crippen LogP contribution in [-0.2, 0) is 6.54 Å². The van der Waals surface area contributed by atoms with Crippen molar-refractivity contribution in [2.24, 2.45) is 0 Å². The highest BCUT2D eigenvalue weighted by Crippen LogP contribution is 2.49. The number of nitrogens with one attached hydrogen (secondary N) is 1. The third-order valence-corrected chi connectivity index (χ3v) is 11.2. The molecule has 11 nitrogen and oxygen atoms in total. The van der Waals surface area contributed by atoms with E-state index in [1.54, 1.807) is 35.2 Å². The van der Waals surface area contributed by atoms with Gasteiger partial charge in [-0.1, -0.05) is 14.4 Å². The van der Waals surface area contributed by atoms with Crippen LogP contribution in [0.2, 0.25) is 0 Å². The minimum atomic E-state index is -0.209. The molecule has 1 N–H and O–H groups in total. The third kappa shape index (κ3) is 7.84. The van der Waals surface area contributed by atoms with Crippen LogP contribution in [-0.4, -0.2) is 50.2 Å². The monoisotopic (exact) mass is 768 g/mol. The molecule has 51 heavy (non-hydrogen) atoms. The van der Waals surface area contributed by atoms with Crippen molar-refractivity contribution in [3.05, 3.63) is 80.5 Å². The fraction of sp³-hybridized carbons (Fsp3) is 0.500. The van der Waals surface area contributed by atoms with E-state index in [-0.39, 0.29) is 24.8 Å². The summed E-state index contributed by atoms with van der Waals surface area (Å²) in [5.41, 5.74) is 7.26. The lowest BCUT2D eigenvalue weighted by atomic mass is 10.0. The first-order chi connectivity index (χ1) is 24.4. The molecular weight excluding hydrogens is 724 g/mol. The number of aromatic nitrogens is 9. The summed E-state index contributed by atoms with van der Waals surface area (Å²) < 4.78 is 2.89. The molecule has 4 aliphatic rings. The number of fused-ring (bicyclic) bond motifs is 1. The van der Waals surface area contributed by atoms with E-state index < -0.39 is 0 Å². The summed E-state index contributed by atoms with van der Waals surface area (Å²) >= 11 is 5.39. The molecular formula is C38H45BrN10OS. The van der Waals surface area contributed by atoms with Crippen LogP contribution in [0.4, 0.5) is 5.82 Å². The van der Waals surface area contributed by atoms with Crippen molar-refractivity contribution >= 4 is 44.7 Å². The SMILES string of the molecule is Brc1c(C2CC2)ncnc1C1CC1.C.CCSc1ccc(CNc2nc3cnc(-c4c(C5CC5)ncnc4C4CC4)nc3n(C(C)C)c2=O)nc1. The summed E-state index contributed by atoms with van der Waals surface area (Å²) in [4.78, 5) is 51.4. The number of hydrogen-bond acceptors (Lipinski definition) is 11.